The fourth-order valence-corrected chi connectivity index (χ4v) is 3.28. The molecule has 0 radical (unpaired) electrons. The molecular formula is C23H26N2O5. The minimum absolute atomic E-state index is 0.0560. The molecule has 3 rings (SSSR count). The average Bonchev–Trinajstić information content (AvgIpc) is 2.94. The molecule has 0 spiro atoms. The number of aromatic nitrogens is 1. The first-order chi connectivity index (χ1) is 14.0. The normalized spacial score (nSPS) is 12.7. The third-order valence-electron chi connectivity index (χ3n) is 4.80. The highest BCUT2D eigenvalue weighted by Crippen LogP contribution is 2.25. The molecule has 0 saturated heterocycles. The standard InChI is InChI=1S/C23H26N2O5/c1-23(2,3)30-20(26)13-17(21(24)27)11-14-5-7-15(8-6-14)16-9-10-19-18(12-16)25(4)22(28)29-19/h5-10,12,17H,11,13H2,1-4H3,(H2,24,27). The second-order valence-electron chi connectivity index (χ2n) is 8.40. The van der Waals surface area contributed by atoms with E-state index in [0.29, 0.717) is 17.5 Å². The average molecular weight is 410 g/mol. The van der Waals surface area contributed by atoms with Gasteiger partial charge in [-0.2, -0.15) is 0 Å². The highest BCUT2D eigenvalue weighted by molar-refractivity contribution is 5.83. The lowest BCUT2D eigenvalue weighted by molar-refractivity contribution is -0.157. The summed E-state index contributed by atoms with van der Waals surface area (Å²) in [4.78, 5) is 35.6. The second kappa shape index (κ2) is 8.18. The van der Waals surface area contributed by atoms with Gasteiger partial charge in [0.05, 0.1) is 17.9 Å². The molecule has 30 heavy (non-hydrogen) atoms. The van der Waals surface area contributed by atoms with Crippen molar-refractivity contribution >= 4 is 23.0 Å². The van der Waals surface area contributed by atoms with Gasteiger partial charge < -0.3 is 14.9 Å². The van der Waals surface area contributed by atoms with Crippen molar-refractivity contribution < 1.29 is 18.7 Å². The third kappa shape index (κ3) is 4.97. The summed E-state index contributed by atoms with van der Waals surface area (Å²) >= 11 is 0. The van der Waals surface area contributed by atoms with Gasteiger partial charge in [0, 0.05) is 7.05 Å². The Hall–Kier alpha value is -3.35. The van der Waals surface area contributed by atoms with Crippen molar-refractivity contribution in [2.75, 3.05) is 0 Å². The highest BCUT2D eigenvalue weighted by atomic mass is 16.6. The molecular weight excluding hydrogens is 384 g/mol. The van der Waals surface area contributed by atoms with E-state index in [0.717, 1.165) is 16.7 Å². The van der Waals surface area contributed by atoms with Crippen LogP contribution in [0.3, 0.4) is 0 Å². The number of carbonyl (C=O) groups is 2. The first kappa shape index (κ1) is 21.4. The number of hydrogen-bond donors (Lipinski definition) is 1. The molecule has 158 valence electrons. The number of nitrogens with two attached hydrogens (primary N) is 1. The molecule has 1 heterocycles. The van der Waals surface area contributed by atoms with Gasteiger partial charge >= 0.3 is 11.7 Å². The largest absolute Gasteiger partial charge is 0.460 e. The molecule has 1 unspecified atom stereocenters. The van der Waals surface area contributed by atoms with Crippen LogP contribution in [0.2, 0.25) is 0 Å². The van der Waals surface area contributed by atoms with Gasteiger partial charge in [0.15, 0.2) is 5.58 Å². The van der Waals surface area contributed by atoms with E-state index in [1.165, 1.54) is 4.57 Å². The predicted molar refractivity (Wildman–Crippen MR) is 114 cm³/mol. The Morgan fingerprint density at radius 1 is 1.10 bits per heavy atom. The zero-order valence-electron chi connectivity index (χ0n) is 17.6. The Morgan fingerprint density at radius 2 is 1.73 bits per heavy atom. The third-order valence-corrected chi connectivity index (χ3v) is 4.80. The van der Waals surface area contributed by atoms with Gasteiger partial charge in [0.2, 0.25) is 5.91 Å². The Bertz CT molecular complexity index is 1130. The Balaban J connectivity index is 1.75. The number of aryl methyl sites for hydroxylation is 1. The Labute approximate surface area is 174 Å². The fourth-order valence-electron chi connectivity index (χ4n) is 3.28. The van der Waals surface area contributed by atoms with E-state index in [9.17, 15) is 14.4 Å². The van der Waals surface area contributed by atoms with Crippen LogP contribution in [0.25, 0.3) is 22.2 Å². The van der Waals surface area contributed by atoms with Crippen LogP contribution in [-0.4, -0.2) is 22.0 Å². The number of oxazole rings is 1. The maximum absolute atomic E-state index is 12.1. The molecule has 1 atom stereocenters. The topological polar surface area (TPSA) is 105 Å². The van der Waals surface area contributed by atoms with Crippen LogP contribution in [0.4, 0.5) is 0 Å². The van der Waals surface area contributed by atoms with Crippen LogP contribution in [-0.2, 0) is 27.8 Å². The fraction of sp³-hybridized carbons (Fsp3) is 0.348. The summed E-state index contributed by atoms with van der Waals surface area (Å²) in [7, 11) is 1.66. The molecule has 0 saturated carbocycles. The lowest BCUT2D eigenvalue weighted by atomic mass is 9.94. The zero-order chi connectivity index (χ0) is 22.1. The lowest BCUT2D eigenvalue weighted by Gasteiger charge is -2.21. The van der Waals surface area contributed by atoms with Gasteiger partial charge in [0.1, 0.15) is 5.60 Å². The number of esters is 1. The summed E-state index contributed by atoms with van der Waals surface area (Å²) < 4.78 is 11.9. The number of carbonyl (C=O) groups excluding carboxylic acids is 2. The zero-order valence-corrected chi connectivity index (χ0v) is 17.6. The monoisotopic (exact) mass is 410 g/mol. The number of fused-ring (bicyclic) bond motifs is 1. The molecule has 3 aromatic rings. The maximum Gasteiger partial charge on any atom is 0.419 e. The summed E-state index contributed by atoms with van der Waals surface area (Å²) in [6, 6.07) is 13.2. The number of nitrogens with zero attached hydrogens (tertiary/aromatic N) is 1. The van der Waals surface area contributed by atoms with E-state index < -0.39 is 29.2 Å². The molecule has 1 aromatic heterocycles. The molecule has 7 heteroatoms. The summed E-state index contributed by atoms with van der Waals surface area (Å²) in [6.45, 7) is 5.34. The molecule has 0 aliphatic carbocycles. The SMILES string of the molecule is Cn1c(=O)oc2ccc(-c3ccc(CC(CC(=O)OC(C)(C)C)C(N)=O)cc3)cc21. The van der Waals surface area contributed by atoms with Crippen LogP contribution < -0.4 is 11.5 Å². The Kier molecular flexibility index (Phi) is 5.82. The summed E-state index contributed by atoms with van der Waals surface area (Å²) in [5.41, 5.74) is 8.93. The molecule has 0 fully saturated rings. The Morgan fingerprint density at radius 3 is 2.33 bits per heavy atom. The summed E-state index contributed by atoms with van der Waals surface area (Å²) in [6.07, 6.45) is 0.295. The first-order valence-corrected chi connectivity index (χ1v) is 9.73. The predicted octanol–water partition coefficient (Wildman–Crippen LogP) is 3.17. The smallest absolute Gasteiger partial charge is 0.419 e. The van der Waals surface area contributed by atoms with Crippen molar-refractivity contribution in [1.82, 2.24) is 4.57 Å². The molecule has 2 N–H and O–H groups in total. The number of rotatable bonds is 6. The number of primary amides is 1. The lowest BCUT2D eigenvalue weighted by Crippen LogP contribution is -2.31. The number of amides is 1. The first-order valence-electron chi connectivity index (χ1n) is 9.73. The quantitative estimate of drug-likeness (QED) is 0.629. The number of hydrogen-bond acceptors (Lipinski definition) is 5. The second-order valence-corrected chi connectivity index (χ2v) is 8.40. The van der Waals surface area contributed by atoms with Gasteiger partial charge in [-0.3, -0.25) is 14.2 Å². The van der Waals surface area contributed by atoms with E-state index in [1.54, 1.807) is 33.9 Å². The number of ether oxygens (including phenoxy) is 1. The van der Waals surface area contributed by atoms with E-state index in [2.05, 4.69) is 0 Å². The molecule has 0 bridgehead atoms. The highest BCUT2D eigenvalue weighted by Gasteiger charge is 2.24. The van der Waals surface area contributed by atoms with E-state index in [1.807, 2.05) is 36.4 Å². The van der Waals surface area contributed by atoms with Crippen molar-refractivity contribution in [3.05, 3.63) is 58.6 Å². The summed E-state index contributed by atoms with van der Waals surface area (Å²) in [5.74, 6) is -2.01. The van der Waals surface area contributed by atoms with Crippen LogP contribution in [0.5, 0.6) is 0 Å². The molecule has 2 aromatic carbocycles. The van der Waals surface area contributed by atoms with Crippen molar-refractivity contribution in [3.63, 3.8) is 0 Å². The van der Waals surface area contributed by atoms with E-state index in [4.69, 9.17) is 14.9 Å². The molecule has 1 amide bonds. The van der Waals surface area contributed by atoms with Crippen LogP contribution in [0.1, 0.15) is 32.8 Å². The minimum atomic E-state index is -0.637. The van der Waals surface area contributed by atoms with Crippen molar-refractivity contribution in [1.29, 1.82) is 0 Å². The van der Waals surface area contributed by atoms with Crippen molar-refractivity contribution in [2.45, 2.75) is 39.2 Å². The van der Waals surface area contributed by atoms with E-state index >= 15 is 0 Å². The molecule has 7 nitrogen and oxygen atoms in total. The summed E-state index contributed by atoms with van der Waals surface area (Å²) in [5, 5.41) is 0. The maximum atomic E-state index is 12.1. The van der Waals surface area contributed by atoms with Gasteiger partial charge in [-0.15, -0.1) is 0 Å². The van der Waals surface area contributed by atoms with Gasteiger partial charge in [-0.1, -0.05) is 30.3 Å². The van der Waals surface area contributed by atoms with Crippen LogP contribution >= 0.6 is 0 Å². The van der Waals surface area contributed by atoms with Crippen LogP contribution in [0, 0.1) is 5.92 Å². The van der Waals surface area contributed by atoms with Crippen LogP contribution in [0.15, 0.2) is 51.7 Å². The number of benzene rings is 2. The minimum Gasteiger partial charge on any atom is -0.460 e. The van der Waals surface area contributed by atoms with Gasteiger partial charge in [0.25, 0.3) is 0 Å². The van der Waals surface area contributed by atoms with Gasteiger partial charge in [-0.05, 0) is 56.0 Å². The molecule has 0 aliphatic heterocycles. The van der Waals surface area contributed by atoms with Gasteiger partial charge in [-0.25, -0.2) is 4.79 Å². The van der Waals surface area contributed by atoms with E-state index in [-0.39, 0.29) is 6.42 Å². The molecule has 0 aliphatic rings. The van der Waals surface area contributed by atoms with Crippen molar-refractivity contribution in [3.8, 4) is 11.1 Å². The van der Waals surface area contributed by atoms with Crippen molar-refractivity contribution in [2.24, 2.45) is 18.7 Å².